The lowest BCUT2D eigenvalue weighted by Gasteiger charge is -2.34. The first-order chi connectivity index (χ1) is 13.7. The first-order valence-corrected chi connectivity index (χ1v) is 9.49. The molecule has 6 heteroatoms. The summed E-state index contributed by atoms with van der Waals surface area (Å²) in [4.78, 5) is 31.8. The number of fused-ring (bicyclic) bond motifs is 1. The zero-order valence-corrected chi connectivity index (χ0v) is 15.6. The van der Waals surface area contributed by atoms with Gasteiger partial charge >= 0.3 is 0 Å². The topological polar surface area (TPSA) is 65.6 Å². The van der Waals surface area contributed by atoms with Crippen molar-refractivity contribution >= 4 is 22.7 Å². The van der Waals surface area contributed by atoms with E-state index in [0.717, 1.165) is 16.5 Å². The Labute approximate surface area is 163 Å². The molecule has 28 heavy (non-hydrogen) atoms. The SMILES string of the molecule is O=C(COc1ccccc1)N1CCN(C(=O)Cc2c[nH]c3ccccc23)CC1. The maximum atomic E-state index is 12.7. The molecule has 4 rings (SSSR count). The molecule has 1 fully saturated rings. The number of para-hydroxylation sites is 2. The van der Waals surface area contributed by atoms with Gasteiger partial charge in [0.05, 0.1) is 6.42 Å². The highest BCUT2D eigenvalue weighted by molar-refractivity contribution is 5.89. The molecule has 1 aromatic heterocycles. The summed E-state index contributed by atoms with van der Waals surface area (Å²) in [5.41, 5.74) is 2.05. The highest BCUT2D eigenvalue weighted by Gasteiger charge is 2.24. The first-order valence-electron chi connectivity index (χ1n) is 9.49. The number of aromatic nitrogens is 1. The van der Waals surface area contributed by atoms with Gasteiger partial charge in [-0.1, -0.05) is 36.4 Å². The Morgan fingerprint density at radius 2 is 1.50 bits per heavy atom. The Balaban J connectivity index is 1.27. The molecule has 2 amide bonds. The van der Waals surface area contributed by atoms with Crippen LogP contribution < -0.4 is 4.74 Å². The van der Waals surface area contributed by atoms with Crippen LogP contribution in [-0.4, -0.2) is 59.4 Å². The van der Waals surface area contributed by atoms with Gasteiger partial charge in [0.2, 0.25) is 5.91 Å². The number of rotatable bonds is 5. The third-order valence-electron chi connectivity index (χ3n) is 5.11. The number of H-pyrrole nitrogens is 1. The lowest BCUT2D eigenvalue weighted by Crippen LogP contribution is -2.52. The molecule has 2 aromatic carbocycles. The number of benzene rings is 2. The van der Waals surface area contributed by atoms with E-state index < -0.39 is 0 Å². The van der Waals surface area contributed by atoms with Crippen molar-refractivity contribution in [3.63, 3.8) is 0 Å². The average Bonchev–Trinajstić information content (AvgIpc) is 3.16. The quantitative estimate of drug-likeness (QED) is 0.743. The van der Waals surface area contributed by atoms with Gasteiger partial charge in [0.15, 0.2) is 6.61 Å². The molecular weight excluding hydrogens is 354 g/mol. The lowest BCUT2D eigenvalue weighted by atomic mass is 10.1. The number of nitrogens with zero attached hydrogens (tertiary/aromatic N) is 2. The van der Waals surface area contributed by atoms with Crippen LogP contribution >= 0.6 is 0 Å². The molecule has 0 atom stereocenters. The average molecular weight is 377 g/mol. The minimum Gasteiger partial charge on any atom is -0.484 e. The summed E-state index contributed by atoms with van der Waals surface area (Å²) >= 11 is 0. The third kappa shape index (κ3) is 4.01. The first kappa shape index (κ1) is 18.1. The largest absolute Gasteiger partial charge is 0.484 e. The number of piperazine rings is 1. The summed E-state index contributed by atoms with van der Waals surface area (Å²) in [6.45, 7) is 2.21. The normalized spacial score (nSPS) is 14.3. The number of carbonyl (C=O) groups is 2. The predicted octanol–water partition coefficient (Wildman–Crippen LogP) is 2.46. The van der Waals surface area contributed by atoms with Crippen LogP contribution in [0.25, 0.3) is 10.9 Å². The van der Waals surface area contributed by atoms with E-state index in [0.29, 0.717) is 38.3 Å². The second kappa shape index (κ2) is 8.17. The van der Waals surface area contributed by atoms with Crippen molar-refractivity contribution in [1.29, 1.82) is 0 Å². The number of amides is 2. The van der Waals surface area contributed by atoms with Gasteiger partial charge in [-0.15, -0.1) is 0 Å². The molecule has 2 heterocycles. The van der Waals surface area contributed by atoms with Gasteiger partial charge in [-0.2, -0.15) is 0 Å². The molecule has 0 aliphatic carbocycles. The Bertz CT molecular complexity index is 959. The molecule has 144 valence electrons. The van der Waals surface area contributed by atoms with Gasteiger partial charge in [-0.05, 0) is 23.8 Å². The maximum Gasteiger partial charge on any atom is 0.260 e. The van der Waals surface area contributed by atoms with Crippen LogP contribution in [0.15, 0.2) is 60.8 Å². The van der Waals surface area contributed by atoms with E-state index in [2.05, 4.69) is 4.98 Å². The lowest BCUT2D eigenvalue weighted by molar-refractivity contribution is -0.140. The number of ether oxygens (including phenoxy) is 1. The Hall–Kier alpha value is -3.28. The number of carbonyl (C=O) groups excluding carboxylic acids is 2. The number of aromatic amines is 1. The fraction of sp³-hybridized carbons (Fsp3) is 0.273. The molecule has 0 saturated carbocycles. The van der Waals surface area contributed by atoms with Crippen molar-refractivity contribution in [3.05, 3.63) is 66.4 Å². The second-order valence-corrected chi connectivity index (χ2v) is 6.90. The molecule has 1 aliphatic heterocycles. The van der Waals surface area contributed by atoms with Crippen LogP contribution in [0.2, 0.25) is 0 Å². The summed E-state index contributed by atoms with van der Waals surface area (Å²) in [5, 5.41) is 1.09. The van der Waals surface area contributed by atoms with Crippen LogP contribution in [0.4, 0.5) is 0 Å². The van der Waals surface area contributed by atoms with Crippen LogP contribution in [0.3, 0.4) is 0 Å². The van der Waals surface area contributed by atoms with E-state index in [9.17, 15) is 9.59 Å². The molecule has 1 N–H and O–H groups in total. The Morgan fingerprint density at radius 3 is 2.25 bits per heavy atom. The fourth-order valence-corrected chi connectivity index (χ4v) is 3.51. The molecule has 0 spiro atoms. The molecule has 1 aliphatic rings. The highest BCUT2D eigenvalue weighted by atomic mass is 16.5. The van der Waals surface area contributed by atoms with Crippen molar-refractivity contribution < 1.29 is 14.3 Å². The van der Waals surface area contributed by atoms with Crippen molar-refractivity contribution in [2.45, 2.75) is 6.42 Å². The number of nitrogens with one attached hydrogen (secondary N) is 1. The van der Waals surface area contributed by atoms with Crippen molar-refractivity contribution in [2.24, 2.45) is 0 Å². The van der Waals surface area contributed by atoms with Crippen LogP contribution in [0.1, 0.15) is 5.56 Å². The van der Waals surface area contributed by atoms with Crippen molar-refractivity contribution in [3.8, 4) is 5.75 Å². The van der Waals surface area contributed by atoms with E-state index >= 15 is 0 Å². The Morgan fingerprint density at radius 1 is 0.857 bits per heavy atom. The van der Waals surface area contributed by atoms with Crippen LogP contribution in [-0.2, 0) is 16.0 Å². The molecule has 6 nitrogen and oxygen atoms in total. The van der Waals surface area contributed by atoms with Crippen molar-refractivity contribution in [2.75, 3.05) is 32.8 Å². The minimum atomic E-state index is -0.0485. The van der Waals surface area contributed by atoms with Crippen LogP contribution in [0.5, 0.6) is 5.75 Å². The van der Waals surface area contributed by atoms with Gasteiger partial charge < -0.3 is 19.5 Å². The fourth-order valence-electron chi connectivity index (χ4n) is 3.51. The van der Waals surface area contributed by atoms with Crippen LogP contribution in [0, 0.1) is 0 Å². The summed E-state index contributed by atoms with van der Waals surface area (Å²) in [7, 11) is 0. The molecular formula is C22H23N3O3. The van der Waals surface area contributed by atoms with E-state index in [1.807, 2.05) is 65.7 Å². The third-order valence-corrected chi connectivity index (χ3v) is 5.11. The van der Waals surface area contributed by atoms with E-state index in [1.165, 1.54) is 0 Å². The van der Waals surface area contributed by atoms with E-state index in [1.54, 1.807) is 4.90 Å². The molecule has 0 unspecified atom stereocenters. The monoisotopic (exact) mass is 377 g/mol. The van der Waals surface area contributed by atoms with Gasteiger partial charge in [0.25, 0.3) is 5.91 Å². The molecule has 1 saturated heterocycles. The molecule has 0 bridgehead atoms. The van der Waals surface area contributed by atoms with Gasteiger partial charge in [-0.3, -0.25) is 9.59 Å². The summed E-state index contributed by atoms with van der Waals surface area (Å²) in [6.07, 6.45) is 2.28. The minimum absolute atomic E-state index is 0.0211. The zero-order chi connectivity index (χ0) is 19.3. The van der Waals surface area contributed by atoms with Gasteiger partial charge in [0.1, 0.15) is 5.75 Å². The van der Waals surface area contributed by atoms with Gasteiger partial charge in [-0.25, -0.2) is 0 Å². The van der Waals surface area contributed by atoms with E-state index in [-0.39, 0.29) is 18.4 Å². The highest BCUT2D eigenvalue weighted by Crippen LogP contribution is 2.19. The molecule has 3 aromatic rings. The zero-order valence-electron chi connectivity index (χ0n) is 15.6. The van der Waals surface area contributed by atoms with Gasteiger partial charge in [0, 0.05) is 43.3 Å². The van der Waals surface area contributed by atoms with Crippen molar-refractivity contribution in [1.82, 2.24) is 14.8 Å². The summed E-state index contributed by atoms with van der Waals surface area (Å²) in [6, 6.07) is 17.3. The smallest absolute Gasteiger partial charge is 0.260 e. The maximum absolute atomic E-state index is 12.7. The number of hydrogen-bond acceptors (Lipinski definition) is 3. The summed E-state index contributed by atoms with van der Waals surface area (Å²) in [5.74, 6) is 0.730. The summed E-state index contributed by atoms with van der Waals surface area (Å²) < 4.78 is 5.53. The second-order valence-electron chi connectivity index (χ2n) is 6.90. The number of hydrogen-bond donors (Lipinski definition) is 1. The standard InChI is InChI=1S/C22H23N3O3/c26-21(14-17-15-23-20-9-5-4-8-19(17)20)24-10-12-25(13-11-24)22(27)16-28-18-6-2-1-3-7-18/h1-9,15,23H,10-14,16H2. The predicted molar refractivity (Wildman–Crippen MR) is 107 cm³/mol. The molecule has 0 radical (unpaired) electrons. The van der Waals surface area contributed by atoms with E-state index in [4.69, 9.17) is 4.74 Å². The Kier molecular flexibility index (Phi) is 5.28.